The summed E-state index contributed by atoms with van der Waals surface area (Å²) in [5, 5.41) is 17.4. The maximum atomic E-state index is 9.60. The summed E-state index contributed by atoms with van der Waals surface area (Å²) in [5.74, 6) is 0. The van der Waals surface area contributed by atoms with E-state index in [2.05, 4.69) is 24.3 Å². The fraction of sp³-hybridized carbons (Fsp3) is 0.769. The Morgan fingerprint density at radius 2 is 2.12 bits per heavy atom. The van der Waals surface area contributed by atoms with Crippen molar-refractivity contribution in [2.24, 2.45) is 0 Å². The molecule has 2 unspecified atom stereocenters. The molecule has 2 N–H and O–H groups in total. The molecular formula is C13H25N3O. The van der Waals surface area contributed by atoms with Crippen molar-refractivity contribution in [3.63, 3.8) is 0 Å². The van der Waals surface area contributed by atoms with Crippen molar-refractivity contribution in [2.75, 3.05) is 0 Å². The van der Waals surface area contributed by atoms with Crippen molar-refractivity contribution in [2.45, 2.75) is 65.3 Å². The number of nitrogens with zero attached hydrogens (tertiary/aromatic N) is 2. The van der Waals surface area contributed by atoms with E-state index in [4.69, 9.17) is 0 Å². The molecule has 2 atom stereocenters. The molecule has 0 saturated carbocycles. The summed E-state index contributed by atoms with van der Waals surface area (Å²) in [5.41, 5.74) is 0.721. The summed E-state index contributed by atoms with van der Waals surface area (Å²) in [6.07, 6.45) is 2.70. The van der Waals surface area contributed by atoms with Crippen LogP contribution in [0.3, 0.4) is 0 Å². The minimum absolute atomic E-state index is 0.292. The fourth-order valence-corrected chi connectivity index (χ4v) is 1.37. The van der Waals surface area contributed by atoms with Gasteiger partial charge in [-0.2, -0.15) is 5.10 Å². The highest BCUT2D eigenvalue weighted by molar-refractivity contribution is 5.00. The maximum Gasteiger partial charge on any atom is 0.0762 e. The van der Waals surface area contributed by atoms with Gasteiger partial charge < -0.3 is 10.4 Å². The van der Waals surface area contributed by atoms with Gasteiger partial charge in [-0.25, -0.2) is 0 Å². The molecule has 4 heteroatoms. The standard InChI is InChI=1S/C13H25N3O/c1-6-10(2)16-8-7-12(15-16)9-14-13(4,5)11(3)17/h7-8,10-11,14,17H,6,9H2,1-5H3. The largest absolute Gasteiger partial charge is 0.392 e. The number of rotatable bonds is 6. The van der Waals surface area contributed by atoms with Crippen LogP contribution in [0.2, 0.25) is 0 Å². The van der Waals surface area contributed by atoms with E-state index in [0.717, 1.165) is 12.1 Å². The van der Waals surface area contributed by atoms with Gasteiger partial charge in [-0.1, -0.05) is 6.92 Å². The van der Waals surface area contributed by atoms with Crippen LogP contribution in [0, 0.1) is 0 Å². The van der Waals surface area contributed by atoms with Crippen LogP contribution in [0.25, 0.3) is 0 Å². The molecule has 0 radical (unpaired) electrons. The predicted octanol–water partition coefficient (Wildman–Crippen LogP) is 2.10. The first-order chi connectivity index (χ1) is 7.86. The van der Waals surface area contributed by atoms with Gasteiger partial charge in [-0.3, -0.25) is 4.68 Å². The number of nitrogens with one attached hydrogen (secondary N) is 1. The SMILES string of the molecule is CCC(C)n1ccc(CNC(C)(C)C(C)O)n1. The Kier molecular flexibility index (Phi) is 4.71. The number of hydrogen-bond donors (Lipinski definition) is 2. The quantitative estimate of drug-likeness (QED) is 0.799. The summed E-state index contributed by atoms with van der Waals surface area (Å²) in [4.78, 5) is 0. The smallest absolute Gasteiger partial charge is 0.0762 e. The van der Waals surface area contributed by atoms with Gasteiger partial charge in [0.15, 0.2) is 0 Å². The molecule has 0 saturated heterocycles. The molecule has 4 nitrogen and oxygen atoms in total. The van der Waals surface area contributed by atoms with Gasteiger partial charge in [-0.15, -0.1) is 0 Å². The van der Waals surface area contributed by atoms with Gasteiger partial charge in [0.2, 0.25) is 0 Å². The fourth-order valence-electron chi connectivity index (χ4n) is 1.37. The molecule has 1 aromatic rings. The zero-order valence-electron chi connectivity index (χ0n) is 11.6. The van der Waals surface area contributed by atoms with Crippen molar-refractivity contribution in [3.8, 4) is 0 Å². The van der Waals surface area contributed by atoms with Gasteiger partial charge in [0.05, 0.1) is 11.8 Å². The molecule has 1 aromatic heterocycles. The average molecular weight is 239 g/mol. The second-order valence-electron chi connectivity index (χ2n) is 5.30. The predicted molar refractivity (Wildman–Crippen MR) is 69.8 cm³/mol. The van der Waals surface area contributed by atoms with E-state index in [1.165, 1.54) is 0 Å². The number of aliphatic hydroxyl groups excluding tert-OH is 1. The van der Waals surface area contributed by atoms with Gasteiger partial charge in [0, 0.05) is 24.3 Å². The summed E-state index contributed by atoms with van der Waals surface area (Å²) in [6.45, 7) is 10.8. The summed E-state index contributed by atoms with van der Waals surface area (Å²) >= 11 is 0. The first-order valence-corrected chi connectivity index (χ1v) is 6.34. The Hall–Kier alpha value is -0.870. The van der Waals surface area contributed by atoms with E-state index in [9.17, 15) is 5.11 Å². The lowest BCUT2D eigenvalue weighted by molar-refractivity contribution is 0.0953. The van der Waals surface area contributed by atoms with E-state index in [0.29, 0.717) is 12.6 Å². The van der Waals surface area contributed by atoms with Crippen LogP contribution in [-0.2, 0) is 6.54 Å². The second-order valence-corrected chi connectivity index (χ2v) is 5.30. The van der Waals surface area contributed by atoms with E-state index in [1.807, 2.05) is 30.8 Å². The zero-order chi connectivity index (χ0) is 13.1. The van der Waals surface area contributed by atoms with E-state index in [-0.39, 0.29) is 11.6 Å². The maximum absolute atomic E-state index is 9.60. The summed E-state index contributed by atoms with van der Waals surface area (Å²) < 4.78 is 1.99. The number of aromatic nitrogens is 2. The molecule has 1 rings (SSSR count). The number of aliphatic hydroxyl groups is 1. The lowest BCUT2D eigenvalue weighted by Crippen LogP contribution is -2.47. The van der Waals surface area contributed by atoms with Crippen molar-refractivity contribution < 1.29 is 5.11 Å². The first kappa shape index (κ1) is 14.2. The van der Waals surface area contributed by atoms with Gasteiger partial charge in [0.25, 0.3) is 0 Å². The highest BCUT2D eigenvalue weighted by Crippen LogP contribution is 2.12. The third-order valence-electron chi connectivity index (χ3n) is 3.48. The highest BCUT2D eigenvalue weighted by atomic mass is 16.3. The average Bonchev–Trinajstić information content (AvgIpc) is 2.74. The lowest BCUT2D eigenvalue weighted by Gasteiger charge is -2.29. The van der Waals surface area contributed by atoms with Gasteiger partial charge in [-0.05, 0) is 40.2 Å². The summed E-state index contributed by atoms with van der Waals surface area (Å²) in [7, 11) is 0. The minimum atomic E-state index is -0.390. The van der Waals surface area contributed by atoms with Gasteiger partial charge in [0.1, 0.15) is 0 Å². The Balaban J connectivity index is 2.56. The van der Waals surface area contributed by atoms with Crippen LogP contribution in [0.5, 0.6) is 0 Å². The molecule has 0 aliphatic carbocycles. The molecule has 0 aromatic carbocycles. The van der Waals surface area contributed by atoms with Crippen LogP contribution < -0.4 is 5.32 Å². The van der Waals surface area contributed by atoms with Crippen LogP contribution in [0.4, 0.5) is 0 Å². The normalized spacial score (nSPS) is 15.9. The second kappa shape index (κ2) is 5.65. The van der Waals surface area contributed by atoms with E-state index < -0.39 is 0 Å². The molecule has 0 fully saturated rings. The summed E-state index contributed by atoms with van der Waals surface area (Å²) in [6, 6.07) is 2.46. The monoisotopic (exact) mass is 239 g/mol. The Bertz CT molecular complexity index is 344. The lowest BCUT2D eigenvalue weighted by atomic mass is 9.99. The third kappa shape index (κ3) is 3.82. The van der Waals surface area contributed by atoms with Crippen molar-refractivity contribution in [3.05, 3.63) is 18.0 Å². The van der Waals surface area contributed by atoms with Crippen LogP contribution in [-0.4, -0.2) is 26.5 Å². The van der Waals surface area contributed by atoms with Crippen molar-refractivity contribution >= 4 is 0 Å². The molecule has 1 heterocycles. The highest BCUT2D eigenvalue weighted by Gasteiger charge is 2.23. The van der Waals surface area contributed by atoms with E-state index >= 15 is 0 Å². The Morgan fingerprint density at radius 1 is 1.47 bits per heavy atom. The van der Waals surface area contributed by atoms with Crippen LogP contribution >= 0.6 is 0 Å². The molecule has 0 spiro atoms. The van der Waals surface area contributed by atoms with Crippen molar-refractivity contribution in [1.82, 2.24) is 15.1 Å². The molecular weight excluding hydrogens is 214 g/mol. The van der Waals surface area contributed by atoms with E-state index in [1.54, 1.807) is 6.92 Å². The molecule has 0 aliphatic heterocycles. The van der Waals surface area contributed by atoms with Crippen LogP contribution in [0.15, 0.2) is 12.3 Å². The topological polar surface area (TPSA) is 50.1 Å². The Labute approximate surface area is 104 Å². The molecule has 17 heavy (non-hydrogen) atoms. The first-order valence-electron chi connectivity index (χ1n) is 6.34. The molecule has 0 bridgehead atoms. The Morgan fingerprint density at radius 3 is 2.65 bits per heavy atom. The third-order valence-corrected chi connectivity index (χ3v) is 3.48. The molecule has 0 aliphatic rings. The van der Waals surface area contributed by atoms with Crippen LogP contribution in [0.1, 0.15) is 52.8 Å². The molecule has 98 valence electrons. The number of hydrogen-bond acceptors (Lipinski definition) is 3. The molecule has 0 amide bonds. The minimum Gasteiger partial charge on any atom is -0.392 e. The van der Waals surface area contributed by atoms with Gasteiger partial charge >= 0.3 is 0 Å². The van der Waals surface area contributed by atoms with Crippen molar-refractivity contribution in [1.29, 1.82) is 0 Å². The zero-order valence-corrected chi connectivity index (χ0v) is 11.6.